The number of carbonyl (C=O) groups is 1. The van der Waals surface area contributed by atoms with E-state index < -0.39 is 0 Å². The number of para-hydroxylation sites is 2. The second-order valence-electron chi connectivity index (χ2n) is 5.32. The molecule has 0 bridgehead atoms. The van der Waals surface area contributed by atoms with Gasteiger partial charge in [0.15, 0.2) is 5.76 Å². The number of ether oxygens (including phenoxy) is 1. The summed E-state index contributed by atoms with van der Waals surface area (Å²) >= 11 is 0. The van der Waals surface area contributed by atoms with Crippen LogP contribution in [0.1, 0.15) is 25.7 Å². The molecule has 0 aliphatic rings. The smallest absolute Gasteiger partial charge is 0.238 e. The Morgan fingerprint density at radius 2 is 2.12 bits per heavy atom. The number of furan rings is 1. The van der Waals surface area contributed by atoms with Gasteiger partial charge in [0.2, 0.25) is 17.6 Å². The van der Waals surface area contributed by atoms with Gasteiger partial charge in [-0.15, -0.1) is 0 Å². The predicted octanol–water partition coefficient (Wildman–Crippen LogP) is 3.69. The number of aryl methyl sites for hydroxylation is 1. The van der Waals surface area contributed by atoms with E-state index in [1.54, 1.807) is 18.4 Å². The maximum absolute atomic E-state index is 12.1. The van der Waals surface area contributed by atoms with Crippen molar-refractivity contribution in [3.05, 3.63) is 48.6 Å². The molecule has 0 aliphatic carbocycles. The van der Waals surface area contributed by atoms with E-state index in [0.29, 0.717) is 54.8 Å². The molecule has 25 heavy (non-hydrogen) atoms. The first-order valence-corrected chi connectivity index (χ1v) is 8.14. The molecule has 130 valence electrons. The zero-order chi connectivity index (χ0) is 17.5. The third-order valence-electron chi connectivity index (χ3n) is 3.47. The zero-order valence-electron chi connectivity index (χ0n) is 13.9. The summed E-state index contributed by atoms with van der Waals surface area (Å²) in [5, 5.41) is 6.72. The van der Waals surface area contributed by atoms with E-state index in [9.17, 15) is 4.79 Å². The summed E-state index contributed by atoms with van der Waals surface area (Å²) in [6, 6.07) is 10.9. The summed E-state index contributed by atoms with van der Waals surface area (Å²) in [5.74, 6) is 2.03. The Morgan fingerprint density at radius 3 is 2.92 bits per heavy atom. The van der Waals surface area contributed by atoms with E-state index in [0.717, 1.165) is 0 Å². The maximum Gasteiger partial charge on any atom is 0.238 e. The molecule has 0 unspecified atom stereocenters. The summed E-state index contributed by atoms with van der Waals surface area (Å²) in [6.07, 6.45) is 3.02. The Bertz CT molecular complexity index is 811. The molecule has 0 fully saturated rings. The largest absolute Gasteiger partial charge is 0.492 e. The van der Waals surface area contributed by atoms with E-state index in [2.05, 4.69) is 15.5 Å². The number of hydrogen-bond donors (Lipinski definition) is 1. The monoisotopic (exact) mass is 341 g/mol. The average molecular weight is 341 g/mol. The lowest BCUT2D eigenvalue weighted by molar-refractivity contribution is -0.116. The lowest BCUT2D eigenvalue weighted by Gasteiger charge is -2.10. The van der Waals surface area contributed by atoms with Gasteiger partial charge in [0.05, 0.1) is 18.6 Å². The van der Waals surface area contributed by atoms with Crippen LogP contribution in [0.3, 0.4) is 0 Å². The molecule has 1 amide bonds. The first kappa shape index (κ1) is 16.8. The van der Waals surface area contributed by atoms with Crippen molar-refractivity contribution in [3.8, 4) is 17.3 Å². The van der Waals surface area contributed by atoms with Gasteiger partial charge in [-0.2, -0.15) is 4.98 Å². The van der Waals surface area contributed by atoms with Gasteiger partial charge in [0.1, 0.15) is 5.75 Å². The van der Waals surface area contributed by atoms with Crippen LogP contribution in [0.25, 0.3) is 11.6 Å². The van der Waals surface area contributed by atoms with Gasteiger partial charge in [0.25, 0.3) is 0 Å². The molecule has 0 atom stereocenters. The van der Waals surface area contributed by atoms with Crippen LogP contribution < -0.4 is 10.1 Å². The van der Waals surface area contributed by atoms with Crippen molar-refractivity contribution in [2.45, 2.75) is 26.2 Å². The number of benzene rings is 1. The van der Waals surface area contributed by atoms with Crippen molar-refractivity contribution >= 4 is 11.6 Å². The Balaban J connectivity index is 1.48. The van der Waals surface area contributed by atoms with E-state index in [1.807, 2.05) is 31.2 Å². The molecule has 0 spiro atoms. The molecule has 2 heterocycles. The molecule has 0 radical (unpaired) electrons. The standard InChI is InChI=1S/C18H19N3O4/c1-2-23-14-8-4-3-7-13(14)19-16(22)10-5-11-17-20-18(21-25-17)15-9-6-12-24-15/h3-4,6-9,12H,2,5,10-11H2,1H3,(H,19,22). The summed E-state index contributed by atoms with van der Waals surface area (Å²) in [5.41, 5.74) is 0.673. The summed E-state index contributed by atoms with van der Waals surface area (Å²) in [4.78, 5) is 16.4. The number of carbonyl (C=O) groups excluding carboxylic acids is 1. The molecule has 2 aromatic heterocycles. The Hall–Kier alpha value is -3.09. The summed E-state index contributed by atoms with van der Waals surface area (Å²) in [6.45, 7) is 2.45. The molecule has 7 heteroatoms. The van der Waals surface area contributed by atoms with E-state index in [1.165, 1.54) is 0 Å². The van der Waals surface area contributed by atoms with E-state index >= 15 is 0 Å². The van der Waals surface area contributed by atoms with Crippen molar-refractivity contribution in [1.29, 1.82) is 0 Å². The van der Waals surface area contributed by atoms with Gasteiger partial charge < -0.3 is 19.0 Å². The molecule has 7 nitrogen and oxygen atoms in total. The summed E-state index contributed by atoms with van der Waals surface area (Å²) < 4.78 is 15.9. The van der Waals surface area contributed by atoms with Crippen LogP contribution in [0.5, 0.6) is 5.75 Å². The van der Waals surface area contributed by atoms with Gasteiger partial charge in [-0.05, 0) is 37.6 Å². The van der Waals surface area contributed by atoms with Gasteiger partial charge >= 0.3 is 0 Å². The fourth-order valence-electron chi connectivity index (χ4n) is 2.33. The Kier molecular flexibility index (Phi) is 5.46. The number of nitrogens with zero attached hydrogens (tertiary/aromatic N) is 2. The van der Waals surface area contributed by atoms with Gasteiger partial charge in [-0.25, -0.2) is 0 Å². The molecule has 1 N–H and O–H groups in total. The fourth-order valence-corrected chi connectivity index (χ4v) is 2.33. The molecule has 0 aliphatic heterocycles. The number of nitrogens with one attached hydrogen (secondary N) is 1. The quantitative estimate of drug-likeness (QED) is 0.672. The first-order valence-electron chi connectivity index (χ1n) is 8.14. The number of anilines is 1. The van der Waals surface area contributed by atoms with Crippen molar-refractivity contribution in [2.24, 2.45) is 0 Å². The number of rotatable bonds is 8. The predicted molar refractivity (Wildman–Crippen MR) is 91.2 cm³/mol. The number of hydrogen-bond acceptors (Lipinski definition) is 6. The highest BCUT2D eigenvalue weighted by Gasteiger charge is 2.12. The van der Waals surface area contributed by atoms with Gasteiger partial charge in [-0.3, -0.25) is 4.79 Å². The zero-order valence-corrected chi connectivity index (χ0v) is 13.9. The van der Waals surface area contributed by atoms with Crippen LogP contribution in [0, 0.1) is 0 Å². The highest BCUT2D eigenvalue weighted by Crippen LogP contribution is 2.24. The number of aromatic nitrogens is 2. The molecule has 3 aromatic rings. The van der Waals surface area contributed by atoms with Crippen LogP contribution in [0.2, 0.25) is 0 Å². The van der Waals surface area contributed by atoms with Gasteiger partial charge in [0, 0.05) is 12.8 Å². The fraction of sp³-hybridized carbons (Fsp3) is 0.278. The molecular weight excluding hydrogens is 322 g/mol. The SMILES string of the molecule is CCOc1ccccc1NC(=O)CCCc1nc(-c2ccco2)no1. The Morgan fingerprint density at radius 1 is 1.24 bits per heavy atom. The average Bonchev–Trinajstić information content (AvgIpc) is 3.28. The van der Waals surface area contributed by atoms with Crippen LogP contribution >= 0.6 is 0 Å². The molecule has 1 aromatic carbocycles. The second-order valence-corrected chi connectivity index (χ2v) is 5.32. The lowest BCUT2D eigenvalue weighted by Crippen LogP contribution is -2.12. The minimum absolute atomic E-state index is 0.0853. The van der Waals surface area contributed by atoms with Crippen LogP contribution in [0.15, 0.2) is 51.6 Å². The third-order valence-corrected chi connectivity index (χ3v) is 3.47. The van der Waals surface area contributed by atoms with Crippen molar-refractivity contribution in [3.63, 3.8) is 0 Å². The molecule has 0 saturated carbocycles. The van der Waals surface area contributed by atoms with Crippen molar-refractivity contribution in [1.82, 2.24) is 10.1 Å². The minimum Gasteiger partial charge on any atom is -0.492 e. The Labute approximate surface area is 145 Å². The number of amides is 1. The van der Waals surface area contributed by atoms with Crippen molar-refractivity contribution < 1.29 is 18.5 Å². The molecule has 0 saturated heterocycles. The van der Waals surface area contributed by atoms with E-state index in [-0.39, 0.29) is 5.91 Å². The third kappa shape index (κ3) is 4.47. The molecular formula is C18H19N3O4. The lowest BCUT2D eigenvalue weighted by atomic mass is 10.2. The van der Waals surface area contributed by atoms with Crippen LogP contribution in [-0.2, 0) is 11.2 Å². The maximum atomic E-state index is 12.1. The van der Waals surface area contributed by atoms with Crippen LogP contribution in [-0.4, -0.2) is 22.7 Å². The summed E-state index contributed by atoms with van der Waals surface area (Å²) in [7, 11) is 0. The van der Waals surface area contributed by atoms with Crippen molar-refractivity contribution in [2.75, 3.05) is 11.9 Å². The topological polar surface area (TPSA) is 90.4 Å². The highest BCUT2D eigenvalue weighted by atomic mass is 16.5. The highest BCUT2D eigenvalue weighted by molar-refractivity contribution is 5.92. The normalized spacial score (nSPS) is 10.6. The molecule has 3 rings (SSSR count). The second kappa shape index (κ2) is 8.14. The first-order chi connectivity index (χ1) is 12.3. The van der Waals surface area contributed by atoms with Gasteiger partial charge in [-0.1, -0.05) is 17.3 Å². The van der Waals surface area contributed by atoms with E-state index in [4.69, 9.17) is 13.7 Å². The minimum atomic E-state index is -0.0853. The van der Waals surface area contributed by atoms with Crippen LogP contribution in [0.4, 0.5) is 5.69 Å².